The fourth-order valence-corrected chi connectivity index (χ4v) is 2.87. The van der Waals surface area contributed by atoms with Crippen molar-refractivity contribution in [3.63, 3.8) is 0 Å². The molecule has 1 amide bonds. The van der Waals surface area contributed by atoms with Gasteiger partial charge >= 0.3 is 12.1 Å². The summed E-state index contributed by atoms with van der Waals surface area (Å²) in [5.74, 6) is -1.00. The molecule has 0 saturated carbocycles. The van der Waals surface area contributed by atoms with Gasteiger partial charge in [-0.05, 0) is 23.3 Å². The van der Waals surface area contributed by atoms with E-state index in [4.69, 9.17) is 10.2 Å². The van der Waals surface area contributed by atoms with E-state index < -0.39 is 12.1 Å². The van der Waals surface area contributed by atoms with Crippen LogP contribution in [-0.4, -0.2) is 65.7 Å². The van der Waals surface area contributed by atoms with E-state index in [1.165, 1.54) is 21.3 Å². The number of tetrazole rings is 1. The summed E-state index contributed by atoms with van der Waals surface area (Å²) in [5.41, 5.74) is 0. The Hall–Kier alpha value is -1.84. The van der Waals surface area contributed by atoms with Crippen LogP contribution in [0.3, 0.4) is 0 Å². The number of aromatic nitrogens is 4. The van der Waals surface area contributed by atoms with Crippen molar-refractivity contribution >= 4 is 23.8 Å². The highest BCUT2D eigenvalue weighted by atomic mass is 32.2. The summed E-state index contributed by atoms with van der Waals surface area (Å²) in [4.78, 5) is 22.8. The average molecular weight is 287 g/mol. The van der Waals surface area contributed by atoms with E-state index in [2.05, 4.69) is 15.5 Å². The molecule has 1 aromatic rings. The molecule has 2 N–H and O–H groups in total. The lowest BCUT2D eigenvalue weighted by molar-refractivity contribution is -0.138. The number of aliphatic carboxylic acids is 1. The molecule has 1 saturated heterocycles. The van der Waals surface area contributed by atoms with Crippen LogP contribution < -0.4 is 0 Å². The molecular formula is C9H13N5O4S. The number of nitrogens with zero attached hydrogens (tertiary/aromatic N) is 5. The molecule has 2 heterocycles. The highest BCUT2D eigenvalue weighted by Crippen LogP contribution is 2.28. The molecule has 9 nitrogen and oxygen atoms in total. The van der Waals surface area contributed by atoms with Gasteiger partial charge in [0.15, 0.2) is 0 Å². The summed E-state index contributed by atoms with van der Waals surface area (Å²) >= 11 is 1.40. The van der Waals surface area contributed by atoms with Crippen LogP contribution in [0.25, 0.3) is 0 Å². The zero-order valence-corrected chi connectivity index (χ0v) is 10.8. The van der Waals surface area contributed by atoms with Gasteiger partial charge in [0.05, 0.1) is 0 Å². The SMILES string of the molecule is O=C(O)Cn1nnnc1SC1CCN(C(=O)O)CC1. The van der Waals surface area contributed by atoms with Crippen molar-refractivity contribution in [2.75, 3.05) is 13.1 Å². The highest BCUT2D eigenvalue weighted by Gasteiger charge is 2.24. The van der Waals surface area contributed by atoms with E-state index in [0.29, 0.717) is 31.1 Å². The minimum absolute atomic E-state index is 0.203. The Morgan fingerprint density at radius 1 is 1.32 bits per heavy atom. The van der Waals surface area contributed by atoms with Gasteiger partial charge in [0.25, 0.3) is 0 Å². The number of hydrogen-bond donors (Lipinski definition) is 2. The Morgan fingerprint density at radius 3 is 2.58 bits per heavy atom. The normalized spacial score (nSPS) is 16.5. The minimum Gasteiger partial charge on any atom is -0.480 e. The van der Waals surface area contributed by atoms with E-state index in [1.807, 2.05) is 0 Å². The van der Waals surface area contributed by atoms with E-state index in [-0.39, 0.29) is 11.8 Å². The predicted octanol–water partition coefficient (Wildman–Crippen LogP) is -0.00780. The molecule has 1 aliphatic rings. The molecule has 0 aromatic carbocycles. The third-order valence-electron chi connectivity index (χ3n) is 2.77. The van der Waals surface area contributed by atoms with Crippen molar-refractivity contribution in [1.82, 2.24) is 25.1 Å². The predicted molar refractivity (Wildman–Crippen MR) is 63.9 cm³/mol. The van der Waals surface area contributed by atoms with Crippen LogP contribution in [0, 0.1) is 0 Å². The molecule has 0 radical (unpaired) electrons. The van der Waals surface area contributed by atoms with Crippen molar-refractivity contribution in [2.45, 2.75) is 29.8 Å². The largest absolute Gasteiger partial charge is 0.480 e. The first kappa shape index (κ1) is 13.6. The average Bonchev–Trinajstić information content (AvgIpc) is 2.76. The Balaban J connectivity index is 1.90. The molecule has 0 unspecified atom stereocenters. The van der Waals surface area contributed by atoms with Gasteiger partial charge in [0, 0.05) is 18.3 Å². The van der Waals surface area contributed by atoms with Crippen LogP contribution in [-0.2, 0) is 11.3 Å². The topological polar surface area (TPSA) is 121 Å². The third kappa shape index (κ3) is 3.56. The van der Waals surface area contributed by atoms with Crippen LogP contribution in [0.1, 0.15) is 12.8 Å². The van der Waals surface area contributed by atoms with Gasteiger partial charge in [0.2, 0.25) is 5.16 Å². The molecule has 104 valence electrons. The van der Waals surface area contributed by atoms with Crippen molar-refractivity contribution in [1.29, 1.82) is 0 Å². The van der Waals surface area contributed by atoms with Gasteiger partial charge in [0.1, 0.15) is 6.54 Å². The van der Waals surface area contributed by atoms with Gasteiger partial charge in [-0.15, -0.1) is 5.10 Å². The molecule has 10 heteroatoms. The van der Waals surface area contributed by atoms with Gasteiger partial charge in [-0.2, -0.15) is 0 Å². The van der Waals surface area contributed by atoms with Gasteiger partial charge in [-0.3, -0.25) is 4.79 Å². The number of piperidine rings is 1. The van der Waals surface area contributed by atoms with Crippen molar-refractivity contribution in [3.05, 3.63) is 0 Å². The zero-order valence-electron chi connectivity index (χ0n) is 9.97. The number of carbonyl (C=O) groups is 2. The summed E-state index contributed by atoms with van der Waals surface area (Å²) in [7, 11) is 0. The quantitative estimate of drug-likeness (QED) is 0.793. The van der Waals surface area contributed by atoms with Crippen LogP contribution in [0.15, 0.2) is 5.16 Å². The number of carboxylic acids is 1. The van der Waals surface area contributed by atoms with E-state index in [1.54, 1.807) is 0 Å². The number of thioether (sulfide) groups is 1. The van der Waals surface area contributed by atoms with Crippen molar-refractivity contribution in [2.24, 2.45) is 0 Å². The number of amides is 1. The van der Waals surface area contributed by atoms with Crippen LogP contribution in [0.4, 0.5) is 4.79 Å². The lowest BCUT2D eigenvalue weighted by atomic mass is 10.1. The third-order valence-corrected chi connectivity index (χ3v) is 4.08. The number of hydrogen-bond acceptors (Lipinski definition) is 6. The second kappa shape index (κ2) is 5.87. The number of carboxylic acid groups (broad SMARTS) is 2. The fraction of sp³-hybridized carbons (Fsp3) is 0.667. The molecular weight excluding hydrogens is 274 g/mol. The Bertz CT molecular complexity index is 471. The van der Waals surface area contributed by atoms with Crippen LogP contribution >= 0.6 is 11.8 Å². The Labute approximate surface area is 112 Å². The first-order valence-electron chi connectivity index (χ1n) is 5.68. The lowest BCUT2D eigenvalue weighted by Crippen LogP contribution is -2.38. The monoisotopic (exact) mass is 287 g/mol. The number of rotatable bonds is 4. The summed E-state index contributed by atoms with van der Waals surface area (Å²) in [6.45, 7) is 0.685. The first-order valence-corrected chi connectivity index (χ1v) is 6.56. The summed E-state index contributed by atoms with van der Waals surface area (Å²) in [5, 5.41) is 29.1. The molecule has 1 aliphatic heterocycles. The maximum atomic E-state index is 10.8. The second-order valence-corrected chi connectivity index (χ2v) is 5.37. The molecule has 0 aliphatic carbocycles. The standard InChI is InChI=1S/C9H13N5O4S/c15-7(16)5-14-8(10-11-12-14)19-6-1-3-13(4-2-6)9(17)18/h6H,1-5H2,(H,15,16)(H,17,18). The van der Waals surface area contributed by atoms with Crippen molar-refractivity contribution in [3.8, 4) is 0 Å². The molecule has 19 heavy (non-hydrogen) atoms. The summed E-state index contributed by atoms with van der Waals surface area (Å²) in [6, 6.07) is 0. The Morgan fingerprint density at radius 2 is 2.00 bits per heavy atom. The van der Waals surface area contributed by atoms with E-state index >= 15 is 0 Å². The maximum absolute atomic E-state index is 10.8. The van der Waals surface area contributed by atoms with E-state index in [0.717, 1.165) is 0 Å². The van der Waals surface area contributed by atoms with E-state index in [9.17, 15) is 9.59 Å². The maximum Gasteiger partial charge on any atom is 0.407 e. The number of likely N-dealkylation sites (tertiary alicyclic amines) is 1. The lowest BCUT2D eigenvalue weighted by Gasteiger charge is -2.29. The second-order valence-electron chi connectivity index (χ2n) is 4.10. The highest BCUT2D eigenvalue weighted by molar-refractivity contribution is 7.99. The molecule has 2 rings (SSSR count). The Kier molecular flexibility index (Phi) is 4.20. The van der Waals surface area contributed by atoms with Crippen LogP contribution in [0.2, 0.25) is 0 Å². The van der Waals surface area contributed by atoms with Crippen LogP contribution in [0.5, 0.6) is 0 Å². The molecule has 0 bridgehead atoms. The smallest absolute Gasteiger partial charge is 0.407 e. The summed E-state index contributed by atoms with van der Waals surface area (Å²) < 4.78 is 1.23. The van der Waals surface area contributed by atoms with Crippen molar-refractivity contribution < 1.29 is 19.8 Å². The molecule has 0 atom stereocenters. The van der Waals surface area contributed by atoms with Gasteiger partial charge < -0.3 is 15.1 Å². The molecule has 1 fully saturated rings. The summed E-state index contributed by atoms with van der Waals surface area (Å²) in [6.07, 6.45) is 0.507. The zero-order chi connectivity index (χ0) is 13.8. The fourth-order valence-electron chi connectivity index (χ4n) is 1.82. The molecule has 0 spiro atoms. The molecule has 1 aromatic heterocycles. The minimum atomic E-state index is -1.00. The van der Waals surface area contributed by atoms with Gasteiger partial charge in [-0.25, -0.2) is 9.48 Å². The first-order chi connectivity index (χ1) is 9.06. The van der Waals surface area contributed by atoms with Gasteiger partial charge in [-0.1, -0.05) is 11.8 Å².